The molecule has 1 saturated heterocycles. The molecule has 2 amide bonds. The molecule has 0 spiro atoms. The van der Waals surface area contributed by atoms with Crippen LogP contribution >= 0.6 is 0 Å². The summed E-state index contributed by atoms with van der Waals surface area (Å²) in [6.07, 6.45) is 4.43. The van der Waals surface area contributed by atoms with E-state index in [1.165, 1.54) is 0 Å². The van der Waals surface area contributed by atoms with E-state index in [1.54, 1.807) is 17.6 Å². The van der Waals surface area contributed by atoms with E-state index in [9.17, 15) is 9.59 Å². The number of amides is 2. The smallest absolute Gasteiger partial charge is 0.252 e. The number of hydrogen-bond donors (Lipinski definition) is 3. The molecule has 2 heterocycles. The van der Waals surface area contributed by atoms with E-state index < -0.39 is 5.66 Å². The van der Waals surface area contributed by atoms with Crippen molar-refractivity contribution >= 4 is 22.7 Å². The van der Waals surface area contributed by atoms with Crippen LogP contribution in [0.5, 0.6) is 5.75 Å². The number of aromatic nitrogens is 1. The number of rotatable bonds is 11. The summed E-state index contributed by atoms with van der Waals surface area (Å²) in [6, 6.07) is 17.3. The second-order valence-corrected chi connectivity index (χ2v) is 10.6. The van der Waals surface area contributed by atoms with Crippen LogP contribution in [0.2, 0.25) is 0 Å². The van der Waals surface area contributed by atoms with Crippen molar-refractivity contribution in [2.45, 2.75) is 71.6 Å². The number of nitrogens with one attached hydrogen (secondary N) is 2. The van der Waals surface area contributed by atoms with Gasteiger partial charge in [0.1, 0.15) is 12.4 Å². The van der Waals surface area contributed by atoms with Gasteiger partial charge in [-0.1, -0.05) is 38.5 Å². The zero-order valence-electron chi connectivity index (χ0n) is 23.2. The summed E-state index contributed by atoms with van der Waals surface area (Å²) < 4.78 is 6.08. The third kappa shape index (κ3) is 6.94. The topological polar surface area (TPSA) is 104 Å². The standard InChI is InChI=1S/C31H40N4O4/c1-4-15-31(20-23(19-29(36)34-38)14-17-35(31)16-5-2)33-30(37)24-10-12-26(13-11-24)39-21-25-18-22(3)32-28-9-7-6-8-27(25)28/h6-13,18,23,38H,4-5,14-17,19-21H2,1-3H3,(H,33,37)(H,34,36)/t23-,31-/m0/s1. The summed E-state index contributed by atoms with van der Waals surface area (Å²) in [5.74, 6) is 0.250. The largest absolute Gasteiger partial charge is 0.489 e. The lowest BCUT2D eigenvalue weighted by Crippen LogP contribution is -2.64. The predicted octanol–water partition coefficient (Wildman–Crippen LogP) is 5.37. The number of likely N-dealkylation sites (tertiary alicyclic amines) is 1. The molecular weight excluding hydrogens is 492 g/mol. The van der Waals surface area contributed by atoms with Crippen LogP contribution in [0.4, 0.5) is 0 Å². The predicted molar refractivity (Wildman–Crippen MR) is 151 cm³/mol. The number of fused-ring (bicyclic) bond motifs is 1. The van der Waals surface area contributed by atoms with Gasteiger partial charge >= 0.3 is 0 Å². The Hall–Kier alpha value is -3.49. The molecule has 3 aromatic rings. The first-order valence-electron chi connectivity index (χ1n) is 14.0. The van der Waals surface area contributed by atoms with Crippen LogP contribution in [-0.2, 0) is 11.4 Å². The average Bonchev–Trinajstić information content (AvgIpc) is 2.93. The van der Waals surface area contributed by atoms with Crippen molar-refractivity contribution in [3.05, 3.63) is 71.4 Å². The lowest BCUT2D eigenvalue weighted by Gasteiger charge is -2.50. The summed E-state index contributed by atoms with van der Waals surface area (Å²) in [5.41, 5.74) is 4.75. The zero-order chi connectivity index (χ0) is 27.8. The molecule has 1 aliphatic rings. The number of piperidine rings is 1. The number of ether oxygens (including phenoxy) is 1. The highest BCUT2D eigenvalue weighted by molar-refractivity contribution is 5.94. The molecule has 39 heavy (non-hydrogen) atoms. The molecule has 0 bridgehead atoms. The normalized spacial score (nSPS) is 19.5. The van der Waals surface area contributed by atoms with Gasteiger partial charge in [0.05, 0.1) is 11.2 Å². The molecule has 0 saturated carbocycles. The number of aryl methyl sites for hydroxylation is 1. The van der Waals surface area contributed by atoms with Gasteiger partial charge < -0.3 is 10.1 Å². The van der Waals surface area contributed by atoms with Gasteiger partial charge in [0, 0.05) is 41.7 Å². The fourth-order valence-electron chi connectivity index (χ4n) is 5.87. The first kappa shape index (κ1) is 28.5. The van der Waals surface area contributed by atoms with Crippen LogP contribution in [0.1, 0.15) is 74.0 Å². The molecule has 2 atom stereocenters. The number of para-hydroxylation sites is 1. The Morgan fingerprint density at radius 2 is 1.90 bits per heavy atom. The molecule has 1 aliphatic heterocycles. The van der Waals surface area contributed by atoms with Crippen molar-refractivity contribution in [3.8, 4) is 5.75 Å². The number of pyridine rings is 1. The first-order valence-corrected chi connectivity index (χ1v) is 14.0. The molecule has 4 rings (SSSR count). The third-order valence-electron chi connectivity index (χ3n) is 7.58. The summed E-state index contributed by atoms with van der Waals surface area (Å²) in [5, 5.41) is 13.4. The van der Waals surface area contributed by atoms with Crippen LogP contribution in [0.3, 0.4) is 0 Å². The van der Waals surface area contributed by atoms with Gasteiger partial charge in [-0.15, -0.1) is 0 Å². The highest BCUT2D eigenvalue weighted by Crippen LogP contribution is 2.36. The monoisotopic (exact) mass is 532 g/mol. The van der Waals surface area contributed by atoms with Gasteiger partial charge in [-0.05, 0) is 74.9 Å². The second-order valence-electron chi connectivity index (χ2n) is 10.6. The van der Waals surface area contributed by atoms with Gasteiger partial charge in [-0.25, -0.2) is 5.48 Å². The van der Waals surface area contributed by atoms with Crippen LogP contribution in [0.25, 0.3) is 10.9 Å². The van der Waals surface area contributed by atoms with Crippen LogP contribution in [-0.4, -0.2) is 45.7 Å². The number of benzene rings is 2. The number of nitrogens with zero attached hydrogens (tertiary/aromatic N) is 2. The maximum atomic E-state index is 13.5. The van der Waals surface area contributed by atoms with E-state index in [0.717, 1.165) is 60.9 Å². The number of hydroxylamine groups is 1. The van der Waals surface area contributed by atoms with Gasteiger partial charge in [-0.2, -0.15) is 0 Å². The molecule has 0 aliphatic carbocycles. The van der Waals surface area contributed by atoms with Crippen molar-refractivity contribution in [1.82, 2.24) is 20.7 Å². The van der Waals surface area contributed by atoms with E-state index in [-0.39, 0.29) is 24.2 Å². The SMILES string of the molecule is CCCN1CC[C@@H](CC(=O)NO)C[C@@]1(CCC)NC(=O)c1ccc(OCc2cc(C)nc3ccccc23)cc1. The molecule has 8 heteroatoms. The van der Waals surface area contributed by atoms with Gasteiger partial charge in [0.25, 0.3) is 5.91 Å². The molecule has 1 fully saturated rings. The molecule has 2 aromatic carbocycles. The van der Waals surface area contributed by atoms with E-state index in [1.807, 2.05) is 49.4 Å². The van der Waals surface area contributed by atoms with E-state index in [4.69, 9.17) is 9.94 Å². The van der Waals surface area contributed by atoms with E-state index in [2.05, 4.69) is 29.0 Å². The summed E-state index contributed by atoms with van der Waals surface area (Å²) >= 11 is 0. The highest BCUT2D eigenvalue weighted by Gasteiger charge is 2.43. The Labute approximate surface area is 230 Å². The van der Waals surface area contributed by atoms with Crippen LogP contribution in [0, 0.1) is 12.8 Å². The number of carbonyl (C=O) groups excluding carboxylic acids is 2. The van der Waals surface area contributed by atoms with Crippen molar-refractivity contribution in [2.75, 3.05) is 13.1 Å². The van der Waals surface area contributed by atoms with Crippen molar-refractivity contribution in [3.63, 3.8) is 0 Å². The highest BCUT2D eigenvalue weighted by atomic mass is 16.5. The Bertz CT molecular complexity index is 1280. The molecule has 1 aromatic heterocycles. The molecule has 3 N–H and O–H groups in total. The third-order valence-corrected chi connectivity index (χ3v) is 7.58. The maximum Gasteiger partial charge on any atom is 0.252 e. The van der Waals surface area contributed by atoms with Gasteiger partial charge in [0.15, 0.2) is 0 Å². The lowest BCUT2D eigenvalue weighted by atomic mass is 9.81. The maximum absolute atomic E-state index is 13.5. The lowest BCUT2D eigenvalue weighted by molar-refractivity contribution is -0.131. The summed E-state index contributed by atoms with van der Waals surface area (Å²) in [7, 11) is 0. The Morgan fingerprint density at radius 3 is 2.62 bits per heavy atom. The minimum absolute atomic E-state index is 0.0841. The molecule has 0 unspecified atom stereocenters. The number of hydrogen-bond acceptors (Lipinski definition) is 6. The van der Waals surface area contributed by atoms with Crippen molar-refractivity contribution in [1.29, 1.82) is 0 Å². The van der Waals surface area contributed by atoms with Crippen molar-refractivity contribution < 1.29 is 19.5 Å². The number of carbonyl (C=O) groups is 2. The average molecular weight is 533 g/mol. The fraction of sp³-hybridized carbons (Fsp3) is 0.452. The Balaban J connectivity index is 1.47. The summed E-state index contributed by atoms with van der Waals surface area (Å²) in [4.78, 5) is 32.3. The zero-order valence-corrected chi connectivity index (χ0v) is 23.2. The first-order chi connectivity index (χ1) is 18.9. The molecule has 0 radical (unpaired) electrons. The van der Waals surface area contributed by atoms with Crippen molar-refractivity contribution in [2.24, 2.45) is 5.92 Å². The molecule has 8 nitrogen and oxygen atoms in total. The van der Waals surface area contributed by atoms with Crippen LogP contribution in [0.15, 0.2) is 54.6 Å². The Kier molecular flexibility index (Phi) is 9.54. The minimum Gasteiger partial charge on any atom is -0.489 e. The Morgan fingerprint density at radius 1 is 1.13 bits per heavy atom. The molecule has 208 valence electrons. The quantitative estimate of drug-likeness (QED) is 0.227. The fourth-order valence-corrected chi connectivity index (χ4v) is 5.87. The van der Waals surface area contributed by atoms with E-state index in [0.29, 0.717) is 24.3 Å². The summed E-state index contributed by atoms with van der Waals surface area (Å²) in [6.45, 7) is 8.30. The van der Waals surface area contributed by atoms with Gasteiger partial charge in [0.2, 0.25) is 5.91 Å². The minimum atomic E-state index is -0.532. The van der Waals surface area contributed by atoms with E-state index >= 15 is 0 Å². The molecular formula is C31H40N4O4. The second kappa shape index (κ2) is 13.0. The van der Waals surface area contributed by atoms with Gasteiger partial charge in [-0.3, -0.25) is 24.7 Å². The van der Waals surface area contributed by atoms with Crippen LogP contribution < -0.4 is 15.5 Å².